The van der Waals surface area contributed by atoms with Crippen LogP contribution in [0.15, 0.2) is 53.5 Å². The summed E-state index contributed by atoms with van der Waals surface area (Å²) in [6.07, 6.45) is -0.586. The van der Waals surface area contributed by atoms with Gasteiger partial charge in [-0.05, 0) is 29.8 Å². The summed E-state index contributed by atoms with van der Waals surface area (Å²) in [6, 6.07) is 15.8. The molecule has 0 saturated heterocycles. The first-order valence-corrected chi connectivity index (χ1v) is 7.78. The second kappa shape index (κ2) is 6.71. The van der Waals surface area contributed by atoms with Crippen LogP contribution >= 0.6 is 12.4 Å². The molecule has 6 heteroatoms. The maximum Gasteiger partial charge on any atom is 0.206 e. The SMILES string of the molecule is COc1ccc(C(O)CN2C3=NCCN3c3ccccc32)cc1.Cl. The van der Waals surface area contributed by atoms with Crippen molar-refractivity contribution in [3.63, 3.8) is 0 Å². The number of guanidine groups is 1. The molecular formula is C18H20ClN3O2. The fourth-order valence-electron chi connectivity index (χ4n) is 3.21. The van der Waals surface area contributed by atoms with Crippen LogP contribution in [0.4, 0.5) is 11.4 Å². The minimum Gasteiger partial charge on any atom is -0.497 e. The molecule has 0 aliphatic carbocycles. The van der Waals surface area contributed by atoms with E-state index in [0.717, 1.165) is 36.0 Å². The Bertz CT molecular complexity index is 748. The number of nitrogens with zero attached hydrogens (tertiary/aromatic N) is 3. The van der Waals surface area contributed by atoms with Crippen molar-refractivity contribution < 1.29 is 9.84 Å². The van der Waals surface area contributed by atoms with Crippen LogP contribution in [-0.2, 0) is 0 Å². The van der Waals surface area contributed by atoms with Gasteiger partial charge in [-0.3, -0.25) is 4.99 Å². The Morgan fingerprint density at radius 3 is 2.54 bits per heavy atom. The van der Waals surface area contributed by atoms with E-state index in [-0.39, 0.29) is 12.4 Å². The minimum atomic E-state index is -0.586. The number of hydrogen-bond donors (Lipinski definition) is 1. The van der Waals surface area contributed by atoms with Gasteiger partial charge in [0.05, 0.1) is 37.7 Å². The van der Waals surface area contributed by atoms with Gasteiger partial charge >= 0.3 is 0 Å². The van der Waals surface area contributed by atoms with Crippen LogP contribution < -0.4 is 14.5 Å². The second-order valence-corrected chi connectivity index (χ2v) is 5.72. The van der Waals surface area contributed by atoms with Gasteiger partial charge in [0.2, 0.25) is 5.96 Å². The van der Waals surface area contributed by atoms with Crippen molar-refractivity contribution in [2.24, 2.45) is 4.99 Å². The average molecular weight is 346 g/mol. The van der Waals surface area contributed by atoms with Gasteiger partial charge in [0.1, 0.15) is 5.75 Å². The number of para-hydroxylation sites is 2. The van der Waals surface area contributed by atoms with Gasteiger partial charge in [-0.25, -0.2) is 0 Å². The number of hydrogen-bond acceptors (Lipinski definition) is 5. The molecular weight excluding hydrogens is 326 g/mol. The molecule has 1 N–H and O–H groups in total. The summed E-state index contributed by atoms with van der Waals surface area (Å²) in [7, 11) is 1.64. The first-order chi connectivity index (χ1) is 11.3. The van der Waals surface area contributed by atoms with Crippen molar-refractivity contribution in [2.75, 3.05) is 36.5 Å². The van der Waals surface area contributed by atoms with E-state index in [1.807, 2.05) is 36.4 Å². The number of β-amino-alcohol motifs (C(OH)–C–C–N with tert-alkyl or cyclic N) is 1. The third-order valence-electron chi connectivity index (χ3n) is 4.38. The lowest BCUT2D eigenvalue weighted by atomic mass is 10.1. The molecule has 0 bridgehead atoms. The largest absolute Gasteiger partial charge is 0.497 e. The summed E-state index contributed by atoms with van der Waals surface area (Å²) in [6.45, 7) is 2.19. The minimum absolute atomic E-state index is 0. The number of anilines is 2. The molecule has 0 radical (unpaired) electrons. The highest BCUT2D eigenvalue weighted by Crippen LogP contribution is 2.39. The van der Waals surface area contributed by atoms with Crippen LogP contribution in [-0.4, -0.2) is 37.8 Å². The van der Waals surface area contributed by atoms with Gasteiger partial charge in [-0.2, -0.15) is 0 Å². The molecule has 126 valence electrons. The Kier molecular flexibility index (Phi) is 4.64. The molecule has 0 aromatic heterocycles. The summed E-state index contributed by atoms with van der Waals surface area (Å²) in [5.74, 6) is 1.73. The van der Waals surface area contributed by atoms with Crippen LogP contribution in [0.2, 0.25) is 0 Å². The van der Waals surface area contributed by atoms with E-state index in [1.54, 1.807) is 7.11 Å². The monoisotopic (exact) mass is 345 g/mol. The first kappa shape index (κ1) is 16.6. The average Bonchev–Trinajstić information content (AvgIpc) is 3.18. The summed E-state index contributed by atoms with van der Waals surface area (Å²) in [5, 5.41) is 10.6. The molecule has 5 nitrogen and oxygen atoms in total. The van der Waals surface area contributed by atoms with E-state index >= 15 is 0 Å². The van der Waals surface area contributed by atoms with Gasteiger partial charge in [0, 0.05) is 6.54 Å². The number of rotatable bonds is 4. The molecule has 0 amide bonds. The third kappa shape index (κ3) is 2.70. The molecule has 1 atom stereocenters. The third-order valence-corrected chi connectivity index (χ3v) is 4.38. The number of aliphatic hydroxyl groups excluding tert-OH is 1. The van der Waals surface area contributed by atoms with Crippen molar-refractivity contribution in [1.29, 1.82) is 0 Å². The lowest BCUT2D eigenvalue weighted by Gasteiger charge is -2.23. The van der Waals surface area contributed by atoms with Gasteiger partial charge < -0.3 is 19.6 Å². The highest BCUT2D eigenvalue weighted by Gasteiger charge is 2.35. The zero-order valence-electron chi connectivity index (χ0n) is 13.4. The summed E-state index contributed by atoms with van der Waals surface area (Å²) >= 11 is 0. The lowest BCUT2D eigenvalue weighted by Crippen LogP contribution is -2.37. The molecule has 4 rings (SSSR count). The molecule has 2 aliphatic rings. The summed E-state index contributed by atoms with van der Waals surface area (Å²) < 4.78 is 5.17. The fourth-order valence-corrected chi connectivity index (χ4v) is 3.21. The Balaban J connectivity index is 0.00000169. The molecule has 0 fully saturated rings. The highest BCUT2D eigenvalue weighted by atomic mass is 35.5. The van der Waals surface area contributed by atoms with E-state index in [9.17, 15) is 5.11 Å². The standard InChI is InChI=1S/C18H19N3O2.ClH/c1-23-14-8-6-13(7-9-14)17(22)12-21-16-5-3-2-4-15(16)20-11-10-19-18(20)21;/h2-9,17,22H,10-12H2,1H3;1H. The van der Waals surface area contributed by atoms with E-state index in [4.69, 9.17) is 4.74 Å². The molecule has 2 aliphatic heterocycles. The number of halogens is 1. The van der Waals surface area contributed by atoms with Crippen molar-refractivity contribution in [2.45, 2.75) is 6.10 Å². The van der Waals surface area contributed by atoms with E-state index in [0.29, 0.717) is 6.54 Å². The molecule has 2 aromatic carbocycles. The Morgan fingerprint density at radius 2 is 1.83 bits per heavy atom. The van der Waals surface area contributed by atoms with Crippen LogP contribution in [0.3, 0.4) is 0 Å². The number of benzene rings is 2. The van der Waals surface area contributed by atoms with Crippen LogP contribution in [0.25, 0.3) is 0 Å². The fraction of sp³-hybridized carbons (Fsp3) is 0.278. The molecule has 2 aromatic rings. The number of ether oxygens (including phenoxy) is 1. The van der Waals surface area contributed by atoms with E-state index in [2.05, 4.69) is 26.9 Å². The topological polar surface area (TPSA) is 48.3 Å². The highest BCUT2D eigenvalue weighted by molar-refractivity contribution is 6.17. The predicted molar refractivity (Wildman–Crippen MR) is 98.6 cm³/mol. The van der Waals surface area contributed by atoms with Crippen molar-refractivity contribution >= 4 is 29.7 Å². The smallest absolute Gasteiger partial charge is 0.206 e. The lowest BCUT2D eigenvalue weighted by molar-refractivity contribution is 0.187. The molecule has 1 unspecified atom stereocenters. The molecule has 0 saturated carbocycles. The van der Waals surface area contributed by atoms with Gasteiger partial charge in [0.15, 0.2) is 0 Å². The Hall–Kier alpha value is -2.24. The van der Waals surface area contributed by atoms with Gasteiger partial charge in [-0.15, -0.1) is 12.4 Å². The summed E-state index contributed by atoms with van der Waals surface area (Å²) in [5.41, 5.74) is 3.16. The predicted octanol–water partition coefficient (Wildman–Crippen LogP) is 2.85. The van der Waals surface area contributed by atoms with Crippen molar-refractivity contribution in [1.82, 2.24) is 0 Å². The van der Waals surface area contributed by atoms with Crippen molar-refractivity contribution in [3.8, 4) is 5.75 Å². The van der Waals surface area contributed by atoms with E-state index in [1.165, 1.54) is 5.69 Å². The first-order valence-electron chi connectivity index (χ1n) is 7.78. The zero-order chi connectivity index (χ0) is 15.8. The van der Waals surface area contributed by atoms with E-state index < -0.39 is 6.10 Å². The van der Waals surface area contributed by atoms with Crippen LogP contribution in [0.1, 0.15) is 11.7 Å². The normalized spacial score (nSPS) is 16.2. The molecule has 2 heterocycles. The van der Waals surface area contributed by atoms with Gasteiger partial charge in [-0.1, -0.05) is 24.3 Å². The summed E-state index contributed by atoms with van der Waals surface area (Å²) in [4.78, 5) is 8.93. The Morgan fingerprint density at radius 1 is 1.12 bits per heavy atom. The zero-order valence-corrected chi connectivity index (χ0v) is 14.2. The Labute approximate surface area is 147 Å². The van der Waals surface area contributed by atoms with Gasteiger partial charge in [0.25, 0.3) is 0 Å². The maximum absolute atomic E-state index is 10.6. The van der Waals surface area contributed by atoms with Crippen LogP contribution in [0.5, 0.6) is 5.75 Å². The number of fused-ring (bicyclic) bond motifs is 3. The number of methoxy groups -OCH3 is 1. The molecule has 24 heavy (non-hydrogen) atoms. The molecule has 0 spiro atoms. The van der Waals surface area contributed by atoms with Crippen molar-refractivity contribution in [3.05, 3.63) is 54.1 Å². The maximum atomic E-state index is 10.6. The van der Waals surface area contributed by atoms with Crippen LogP contribution in [0, 0.1) is 0 Å². The number of aliphatic imine (C=N–C) groups is 1. The second-order valence-electron chi connectivity index (χ2n) is 5.72. The number of aliphatic hydroxyl groups is 1. The quantitative estimate of drug-likeness (QED) is 0.925.